The number of carbonyl (C=O) groups excluding carboxylic acids is 1. The second kappa shape index (κ2) is 8.31. The number of nitrogens with zero attached hydrogens (tertiary/aromatic N) is 1. The molecule has 1 aliphatic heterocycles. The lowest BCUT2D eigenvalue weighted by atomic mass is 9.78. The lowest BCUT2D eigenvalue weighted by molar-refractivity contribution is 0.103. The van der Waals surface area contributed by atoms with Gasteiger partial charge in [0.05, 0.1) is 13.6 Å². The van der Waals surface area contributed by atoms with Crippen LogP contribution in [-0.4, -0.2) is 20.9 Å². The molecule has 0 atom stereocenters. The second-order valence-corrected chi connectivity index (χ2v) is 15.5. The third-order valence-electron chi connectivity index (χ3n) is 6.77. The van der Waals surface area contributed by atoms with Crippen molar-refractivity contribution in [2.45, 2.75) is 38.9 Å². The van der Waals surface area contributed by atoms with E-state index in [1.54, 1.807) is 0 Å². The fourth-order valence-corrected chi connectivity index (χ4v) is 6.05. The Morgan fingerprint density at radius 3 is 1.97 bits per heavy atom. The van der Waals surface area contributed by atoms with E-state index in [-0.39, 0.29) is 11.2 Å². The van der Waals surface area contributed by atoms with E-state index in [1.807, 2.05) is 30.3 Å². The SMILES string of the molecule is C=C(/C(C(=O)c1ccccc1)=C1/N(C)c2ccccc2C1(C)C)c1ccc([Si](C)(C)C)cc1. The Hall–Kier alpha value is -3.17. The molecule has 1 heterocycles. The van der Waals surface area contributed by atoms with Gasteiger partial charge in [0.25, 0.3) is 0 Å². The van der Waals surface area contributed by atoms with E-state index in [0.717, 1.165) is 22.5 Å². The van der Waals surface area contributed by atoms with Gasteiger partial charge in [-0.05, 0) is 22.8 Å². The zero-order valence-electron chi connectivity index (χ0n) is 20.6. The number of benzene rings is 3. The van der Waals surface area contributed by atoms with E-state index in [1.165, 1.54) is 10.8 Å². The molecule has 0 fully saturated rings. The molecule has 4 rings (SSSR count). The van der Waals surface area contributed by atoms with Gasteiger partial charge in [-0.1, -0.05) is 118 Å². The molecule has 0 amide bonds. The second-order valence-electron chi connectivity index (χ2n) is 10.4. The van der Waals surface area contributed by atoms with Gasteiger partial charge in [0.2, 0.25) is 0 Å². The molecule has 168 valence electrons. The standard InChI is InChI=1S/C30H33NOSi/c1-21(22-17-19-24(20-18-22)33(5,6)7)27(28(32)23-13-9-8-10-14-23)29-30(2,3)25-15-11-12-16-26(25)31(29)4/h8-20H,1H2,2-7H3/b29-27-. The smallest absolute Gasteiger partial charge is 0.195 e. The van der Waals surface area contributed by atoms with Crippen LogP contribution in [0.1, 0.15) is 35.3 Å². The Bertz CT molecular complexity index is 1240. The Morgan fingerprint density at radius 2 is 1.39 bits per heavy atom. The summed E-state index contributed by atoms with van der Waals surface area (Å²) in [4.78, 5) is 16.2. The summed E-state index contributed by atoms with van der Waals surface area (Å²) in [5.41, 5.74) is 6.16. The molecule has 0 radical (unpaired) electrons. The number of ketones is 1. The molecule has 0 N–H and O–H groups in total. The van der Waals surface area contributed by atoms with Crippen LogP contribution in [0.15, 0.2) is 96.7 Å². The van der Waals surface area contributed by atoms with Crippen molar-refractivity contribution < 1.29 is 4.79 Å². The number of allylic oxidation sites excluding steroid dienone is 3. The average Bonchev–Trinajstić information content (AvgIpc) is 3.00. The Labute approximate surface area is 199 Å². The van der Waals surface area contributed by atoms with Gasteiger partial charge in [0.15, 0.2) is 5.78 Å². The molecule has 1 aliphatic rings. The molecule has 0 spiro atoms. The first kappa shape index (κ1) is 23.0. The van der Waals surface area contributed by atoms with Gasteiger partial charge in [0, 0.05) is 29.4 Å². The van der Waals surface area contributed by atoms with Crippen LogP contribution in [0.3, 0.4) is 0 Å². The predicted molar refractivity (Wildman–Crippen MR) is 144 cm³/mol. The van der Waals surface area contributed by atoms with E-state index in [9.17, 15) is 4.79 Å². The Kier molecular flexibility index (Phi) is 5.79. The summed E-state index contributed by atoms with van der Waals surface area (Å²) in [7, 11) is 0.646. The molecule has 3 aromatic rings. The minimum Gasteiger partial charge on any atom is -0.346 e. The lowest BCUT2D eigenvalue weighted by Crippen LogP contribution is -2.37. The first-order valence-electron chi connectivity index (χ1n) is 11.5. The van der Waals surface area contributed by atoms with Gasteiger partial charge in [-0.25, -0.2) is 0 Å². The highest BCUT2D eigenvalue weighted by atomic mass is 28.3. The number of hydrogen-bond donors (Lipinski definition) is 0. The van der Waals surface area contributed by atoms with Crippen molar-refractivity contribution in [3.05, 3.63) is 113 Å². The molecule has 0 bridgehead atoms. The summed E-state index contributed by atoms with van der Waals surface area (Å²) in [5.74, 6) is 0.0117. The number of fused-ring (bicyclic) bond motifs is 1. The normalized spacial score (nSPS) is 16.4. The minimum absolute atomic E-state index is 0.0117. The van der Waals surface area contributed by atoms with Crippen LogP contribution in [0, 0.1) is 0 Å². The zero-order valence-corrected chi connectivity index (χ0v) is 21.6. The summed E-state index contributed by atoms with van der Waals surface area (Å²) < 4.78 is 0. The molecule has 0 unspecified atom stereocenters. The van der Waals surface area contributed by atoms with Crippen LogP contribution in [-0.2, 0) is 5.41 Å². The van der Waals surface area contributed by atoms with E-state index in [2.05, 4.69) is 101 Å². The van der Waals surface area contributed by atoms with Crippen LogP contribution in [0.4, 0.5) is 5.69 Å². The predicted octanol–water partition coefficient (Wildman–Crippen LogP) is 6.81. The Balaban J connectivity index is 1.92. The molecule has 3 heteroatoms. The van der Waals surface area contributed by atoms with E-state index in [4.69, 9.17) is 0 Å². The quantitative estimate of drug-likeness (QED) is 0.241. The summed E-state index contributed by atoms with van der Waals surface area (Å²) in [5, 5.41) is 1.40. The average molecular weight is 452 g/mol. The molecular weight excluding hydrogens is 418 g/mol. The zero-order chi connectivity index (χ0) is 24.0. The van der Waals surface area contributed by atoms with Crippen LogP contribution < -0.4 is 10.1 Å². The van der Waals surface area contributed by atoms with Crippen molar-refractivity contribution >= 4 is 30.3 Å². The fourth-order valence-electron chi connectivity index (χ4n) is 4.88. The number of rotatable bonds is 5. The van der Waals surface area contributed by atoms with Gasteiger partial charge in [0.1, 0.15) is 0 Å². The highest BCUT2D eigenvalue weighted by Gasteiger charge is 2.42. The summed E-state index contributed by atoms with van der Waals surface area (Å²) in [6, 6.07) is 26.6. The molecule has 0 aromatic heterocycles. The van der Waals surface area contributed by atoms with Crippen molar-refractivity contribution in [1.29, 1.82) is 0 Å². The highest BCUT2D eigenvalue weighted by Crippen LogP contribution is 2.49. The molecule has 0 saturated carbocycles. The van der Waals surface area contributed by atoms with Crippen molar-refractivity contribution in [1.82, 2.24) is 0 Å². The third kappa shape index (κ3) is 4.02. The largest absolute Gasteiger partial charge is 0.346 e. The summed E-state index contributed by atoms with van der Waals surface area (Å²) >= 11 is 0. The lowest BCUT2D eigenvalue weighted by Gasteiger charge is -2.29. The number of hydrogen-bond acceptors (Lipinski definition) is 2. The highest BCUT2D eigenvalue weighted by molar-refractivity contribution is 6.88. The van der Waals surface area contributed by atoms with Gasteiger partial charge < -0.3 is 4.90 Å². The topological polar surface area (TPSA) is 20.3 Å². The number of likely N-dealkylation sites (N-methyl/N-ethyl adjacent to an activating group) is 1. The monoisotopic (exact) mass is 451 g/mol. The molecule has 3 aromatic carbocycles. The molecule has 33 heavy (non-hydrogen) atoms. The van der Waals surface area contributed by atoms with Crippen LogP contribution in [0.2, 0.25) is 19.6 Å². The fraction of sp³-hybridized carbons (Fsp3) is 0.233. The first-order valence-corrected chi connectivity index (χ1v) is 15.0. The number of Topliss-reactive ketones (excluding diaryl/α,β-unsaturated/α-hetero) is 1. The van der Waals surface area contributed by atoms with Crippen LogP contribution >= 0.6 is 0 Å². The molecule has 0 saturated heterocycles. The van der Waals surface area contributed by atoms with E-state index < -0.39 is 8.07 Å². The number of anilines is 1. The van der Waals surface area contributed by atoms with Crippen LogP contribution in [0.25, 0.3) is 5.57 Å². The first-order chi connectivity index (χ1) is 15.5. The maximum Gasteiger partial charge on any atom is 0.195 e. The molecule has 2 nitrogen and oxygen atoms in total. The maximum absolute atomic E-state index is 14.0. The summed E-state index contributed by atoms with van der Waals surface area (Å²) in [6.07, 6.45) is 0. The maximum atomic E-state index is 14.0. The Morgan fingerprint density at radius 1 is 0.818 bits per heavy atom. The van der Waals surface area contributed by atoms with Gasteiger partial charge in [-0.2, -0.15) is 0 Å². The van der Waals surface area contributed by atoms with Crippen molar-refractivity contribution in [2.24, 2.45) is 0 Å². The number of para-hydroxylation sites is 1. The van der Waals surface area contributed by atoms with E-state index in [0.29, 0.717) is 11.1 Å². The van der Waals surface area contributed by atoms with Gasteiger partial charge >= 0.3 is 0 Å². The van der Waals surface area contributed by atoms with Crippen molar-refractivity contribution in [3.63, 3.8) is 0 Å². The van der Waals surface area contributed by atoms with Crippen molar-refractivity contribution in [2.75, 3.05) is 11.9 Å². The molecule has 0 aliphatic carbocycles. The van der Waals surface area contributed by atoms with Gasteiger partial charge in [-0.3, -0.25) is 4.79 Å². The molecular formula is C30H33NOSi. The van der Waals surface area contributed by atoms with Gasteiger partial charge in [-0.15, -0.1) is 0 Å². The van der Waals surface area contributed by atoms with Crippen molar-refractivity contribution in [3.8, 4) is 0 Å². The van der Waals surface area contributed by atoms with E-state index >= 15 is 0 Å². The van der Waals surface area contributed by atoms with Crippen LogP contribution in [0.5, 0.6) is 0 Å². The summed E-state index contributed by atoms with van der Waals surface area (Å²) in [6.45, 7) is 15.9. The number of carbonyl (C=O) groups is 1. The third-order valence-corrected chi connectivity index (χ3v) is 8.83. The minimum atomic E-state index is -1.41.